The van der Waals surface area contributed by atoms with Crippen molar-refractivity contribution in [1.29, 1.82) is 0 Å². The molecule has 0 unspecified atom stereocenters. The molecule has 0 fully saturated rings. The summed E-state index contributed by atoms with van der Waals surface area (Å²) in [5, 5.41) is 5.83. The average Bonchev–Trinajstić information content (AvgIpc) is 2.55. The van der Waals surface area contributed by atoms with Crippen molar-refractivity contribution in [1.82, 2.24) is 5.32 Å². The number of nitrogens with one attached hydrogen (secondary N) is 2. The van der Waals surface area contributed by atoms with Gasteiger partial charge in [0.2, 0.25) is 0 Å². The molecule has 1 atom stereocenters. The van der Waals surface area contributed by atoms with E-state index >= 15 is 0 Å². The van der Waals surface area contributed by atoms with Gasteiger partial charge in [-0.1, -0.05) is 24.3 Å². The maximum absolute atomic E-state index is 12.1. The van der Waals surface area contributed by atoms with Crippen LogP contribution in [0.1, 0.15) is 5.56 Å². The number of para-hydroxylation sites is 1. The summed E-state index contributed by atoms with van der Waals surface area (Å²) in [4.78, 5) is 13.2. The molecule has 0 saturated carbocycles. The van der Waals surface area contributed by atoms with Gasteiger partial charge >= 0.3 is 6.03 Å². The third-order valence-electron chi connectivity index (χ3n) is 3.54. The average molecular weight is 314 g/mol. The lowest BCUT2D eigenvalue weighted by Gasteiger charge is -2.26. The molecule has 114 valence electrons. The van der Waals surface area contributed by atoms with E-state index in [2.05, 4.69) is 10.6 Å². The monoisotopic (exact) mass is 314 g/mol. The van der Waals surface area contributed by atoms with E-state index in [1.165, 1.54) is 0 Å². The Hall–Kier alpha value is -2.14. The maximum Gasteiger partial charge on any atom is 0.319 e. The van der Waals surface area contributed by atoms with Gasteiger partial charge < -0.3 is 15.4 Å². The van der Waals surface area contributed by atoms with Gasteiger partial charge in [0.05, 0.1) is 6.04 Å². The van der Waals surface area contributed by atoms with Crippen LogP contribution in [-0.2, 0) is 6.42 Å². The van der Waals surface area contributed by atoms with Crippen LogP contribution in [0.15, 0.2) is 53.4 Å². The van der Waals surface area contributed by atoms with Gasteiger partial charge in [0.15, 0.2) is 0 Å². The van der Waals surface area contributed by atoms with E-state index < -0.39 is 0 Å². The molecule has 2 amide bonds. The standard InChI is InChI=1S/C17H18N2O2S/c1-22-15-7-4-6-13(10-15)18-17(20)19-14-9-12-5-2-3-8-16(12)21-11-14/h2-8,10,14H,9,11H2,1H3,(H2,18,19,20)/t14-/m0/s1. The molecule has 0 spiro atoms. The number of benzene rings is 2. The molecular weight excluding hydrogens is 296 g/mol. The minimum Gasteiger partial charge on any atom is -0.491 e. The Bertz CT molecular complexity index is 675. The number of hydrogen-bond donors (Lipinski definition) is 2. The number of anilines is 1. The normalized spacial score (nSPS) is 16.3. The van der Waals surface area contributed by atoms with Gasteiger partial charge in [-0.15, -0.1) is 11.8 Å². The third-order valence-corrected chi connectivity index (χ3v) is 4.27. The minimum atomic E-state index is -0.203. The van der Waals surface area contributed by atoms with E-state index in [0.29, 0.717) is 6.61 Å². The molecule has 22 heavy (non-hydrogen) atoms. The van der Waals surface area contributed by atoms with Gasteiger partial charge in [0, 0.05) is 10.6 Å². The Kier molecular flexibility index (Phi) is 4.53. The molecule has 5 heteroatoms. The fraction of sp³-hybridized carbons (Fsp3) is 0.235. The van der Waals surface area contributed by atoms with Crippen molar-refractivity contribution in [3.63, 3.8) is 0 Å². The SMILES string of the molecule is CSc1cccc(NC(=O)N[C@@H]2COc3ccccc3C2)c1. The predicted octanol–water partition coefficient (Wildman–Crippen LogP) is 3.53. The summed E-state index contributed by atoms with van der Waals surface area (Å²) < 4.78 is 5.68. The van der Waals surface area contributed by atoms with Crippen LogP contribution in [0.4, 0.5) is 10.5 Å². The van der Waals surface area contributed by atoms with Crippen molar-refractivity contribution in [3.05, 3.63) is 54.1 Å². The van der Waals surface area contributed by atoms with Crippen molar-refractivity contribution in [2.45, 2.75) is 17.4 Å². The second-order valence-electron chi connectivity index (χ2n) is 5.15. The van der Waals surface area contributed by atoms with Gasteiger partial charge in [-0.05, 0) is 42.5 Å². The van der Waals surface area contributed by atoms with Gasteiger partial charge in [-0.3, -0.25) is 0 Å². The number of amides is 2. The summed E-state index contributed by atoms with van der Waals surface area (Å²) in [5.41, 5.74) is 1.92. The molecule has 2 N–H and O–H groups in total. The molecule has 1 heterocycles. The summed E-state index contributed by atoms with van der Waals surface area (Å²) in [5.74, 6) is 0.911. The summed E-state index contributed by atoms with van der Waals surface area (Å²) in [7, 11) is 0. The molecule has 2 aromatic carbocycles. The highest BCUT2D eigenvalue weighted by atomic mass is 32.2. The number of fused-ring (bicyclic) bond motifs is 1. The van der Waals surface area contributed by atoms with Crippen molar-refractivity contribution >= 4 is 23.5 Å². The number of thioether (sulfide) groups is 1. The van der Waals surface area contributed by atoms with E-state index in [1.807, 2.05) is 54.8 Å². The molecular formula is C17H18N2O2S. The van der Waals surface area contributed by atoms with Crippen LogP contribution in [0.25, 0.3) is 0 Å². The predicted molar refractivity (Wildman–Crippen MR) is 89.8 cm³/mol. The van der Waals surface area contributed by atoms with E-state index in [0.717, 1.165) is 28.3 Å². The van der Waals surface area contributed by atoms with Crippen molar-refractivity contribution in [2.24, 2.45) is 0 Å². The first-order valence-corrected chi connectivity index (χ1v) is 8.39. The van der Waals surface area contributed by atoms with Crippen LogP contribution in [0.3, 0.4) is 0 Å². The molecule has 0 bridgehead atoms. The molecule has 0 radical (unpaired) electrons. The minimum absolute atomic E-state index is 0.0152. The smallest absolute Gasteiger partial charge is 0.319 e. The lowest BCUT2D eigenvalue weighted by molar-refractivity contribution is 0.222. The first-order valence-electron chi connectivity index (χ1n) is 7.17. The zero-order valence-corrected chi connectivity index (χ0v) is 13.2. The molecule has 4 nitrogen and oxygen atoms in total. The number of hydrogen-bond acceptors (Lipinski definition) is 3. The van der Waals surface area contributed by atoms with Crippen LogP contribution in [0.5, 0.6) is 5.75 Å². The lowest BCUT2D eigenvalue weighted by atomic mass is 10.0. The van der Waals surface area contributed by atoms with Crippen molar-refractivity contribution in [3.8, 4) is 5.75 Å². The number of rotatable bonds is 3. The fourth-order valence-electron chi connectivity index (χ4n) is 2.47. The number of carbonyl (C=O) groups excluding carboxylic acids is 1. The van der Waals surface area contributed by atoms with E-state index in [1.54, 1.807) is 11.8 Å². The second kappa shape index (κ2) is 6.75. The Balaban J connectivity index is 1.58. The summed E-state index contributed by atoms with van der Waals surface area (Å²) in [6, 6.07) is 15.5. The van der Waals surface area contributed by atoms with Crippen LogP contribution in [-0.4, -0.2) is 24.9 Å². The Morgan fingerprint density at radius 2 is 2.09 bits per heavy atom. The van der Waals surface area contributed by atoms with Gasteiger partial charge in [0.1, 0.15) is 12.4 Å². The topological polar surface area (TPSA) is 50.4 Å². The number of urea groups is 1. The van der Waals surface area contributed by atoms with E-state index in [9.17, 15) is 4.79 Å². The zero-order chi connectivity index (χ0) is 15.4. The first-order chi connectivity index (χ1) is 10.7. The van der Waals surface area contributed by atoms with Gasteiger partial charge in [-0.2, -0.15) is 0 Å². The van der Waals surface area contributed by atoms with Crippen LogP contribution < -0.4 is 15.4 Å². The molecule has 3 rings (SSSR count). The quantitative estimate of drug-likeness (QED) is 0.852. The first kappa shape index (κ1) is 14.8. The Labute approximate surface area is 134 Å². The summed E-state index contributed by atoms with van der Waals surface area (Å²) in [6.45, 7) is 0.495. The van der Waals surface area contributed by atoms with Crippen LogP contribution in [0, 0.1) is 0 Å². The lowest BCUT2D eigenvalue weighted by Crippen LogP contribution is -2.44. The molecule has 1 aliphatic heterocycles. The highest BCUT2D eigenvalue weighted by Crippen LogP contribution is 2.24. The second-order valence-corrected chi connectivity index (χ2v) is 6.03. The highest BCUT2D eigenvalue weighted by Gasteiger charge is 2.20. The van der Waals surface area contributed by atoms with Crippen molar-refractivity contribution in [2.75, 3.05) is 18.2 Å². The van der Waals surface area contributed by atoms with Gasteiger partial charge in [0.25, 0.3) is 0 Å². The summed E-state index contributed by atoms with van der Waals surface area (Å²) in [6.07, 6.45) is 2.80. The molecule has 0 aromatic heterocycles. The zero-order valence-electron chi connectivity index (χ0n) is 12.3. The summed E-state index contributed by atoms with van der Waals surface area (Å²) >= 11 is 1.65. The maximum atomic E-state index is 12.1. The highest BCUT2D eigenvalue weighted by molar-refractivity contribution is 7.98. The Morgan fingerprint density at radius 3 is 2.95 bits per heavy atom. The van der Waals surface area contributed by atoms with E-state index in [4.69, 9.17) is 4.74 Å². The molecule has 1 aliphatic rings. The number of carbonyl (C=O) groups is 1. The van der Waals surface area contributed by atoms with E-state index in [-0.39, 0.29) is 12.1 Å². The van der Waals surface area contributed by atoms with Gasteiger partial charge in [-0.25, -0.2) is 4.79 Å². The van der Waals surface area contributed by atoms with Crippen LogP contribution >= 0.6 is 11.8 Å². The molecule has 2 aromatic rings. The third kappa shape index (κ3) is 3.54. The molecule has 0 aliphatic carbocycles. The van der Waals surface area contributed by atoms with Crippen molar-refractivity contribution < 1.29 is 9.53 Å². The number of ether oxygens (including phenoxy) is 1. The molecule has 0 saturated heterocycles. The largest absolute Gasteiger partial charge is 0.491 e. The van der Waals surface area contributed by atoms with Crippen LogP contribution in [0.2, 0.25) is 0 Å². The fourth-order valence-corrected chi connectivity index (χ4v) is 2.93. The Morgan fingerprint density at radius 1 is 1.23 bits per heavy atom.